The largest absolute Gasteiger partial charge is 0.135 e. The van der Waals surface area contributed by atoms with E-state index in [1.807, 2.05) is 11.3 Å². The van der Waals surface area contributed by atoms with Gasteiger partial charge in [-0.25, -0.2) is 0 Å². The fraction of sp³-hybridized carbons (Fsp3) is 0.231. The van der Waals surface area contributed by atoms with Crippen LogP contribution >= 0.6 is 27.3 Å². The number of benzene rings is 5. The first-order chi connectivity index (χ1) is 20.2. The second-order valence-electron chi connectivity index (χ2n) is 11.2. The van der Waals surface area contributed by atoms with Crippen LogP contribution < -0.4 is 0 Å². The van der Waals surface area contributed by atoms with Crippen LogP contribution in [-0.4, -0.2) is 0 Å². The summed E-state index contributed by atoms with van der Waals surface area (Å²) in [5, 5.41) is 2.75. The van der Waals surface area contributed by atoms with Gasteiger partial charge in [-0.15, -0.1) is 11.3 Å². The van der Waals surface area contributed by atoms with Gasteiger partial charge < -0.3 is 0 Å². The third-order valence-corrected chi connectivity index (χ3v) is 10.5. The Morgan fingerprint density at radius 1 is 0.659 bits per heavy atom. The van der Waals surface area contributed by atoms with Crippen molar-refractivity contribution in [2.75, 3.05) is 0 Å². The Morgan fingerprint density at radius 3 is 2.00 bits per heavy atom. The average Bonchev–Trinajstić information content (AvgIpc) is 3.41. The molecule has 0 saturated carbocycles. The zero-order chi connectivity index (χ0) is 28.1. The third kappa shape index (κ3) is 5.78. The lowest BCUT2D eigenvalue weighted by Crippen LogP contribution is -2.28. The van der Waals surface area contributed by atoms with Crippen molar-refractivity contribution in [3.05, 3.63) is 154 Å². The van der Waals surface area contributed by atoms with Gasteiger partial charge in [-0.2, -0.15) is 0 Å². The molecule has 1 atom stereocenters. The summed E-state index contributed by atoms with van der Waals surface area (Å²) in [6.07, 6.45) is 6.98. The number of unbranched alkanes of at least 4 members (excludes halogenated alkanes) is 1. The molecule has 1 heterocycles. The van der Waals surface area contributed by atoms with Crippen LogP contribution in [0.25, 0.3) is 20.2 Å². The predicted octanol–water partition coefficient (Wildman–Crippen LogP) is 12.3. The van der Waals surface area contributed by atoms with E-state index in [9.17, 15) is 0 Å². The summed E-state index contributed by atoms with van der Waals surface area (Å²) in [7, 11) is 0. The van der Waals surface area contributed by atoms with Crippen molar-refractivity contribution in [2.24, 2.45) is 0 Å². The summed E-state index contributed by atoms with van der Waals surface area (Å²) in [5.41, 5.74) is 5.77. The van der Waals surface area contributed by atoms with Crippen molar-refractivity contribution in [3.8, 4) is 0 Å². The van der Waals surface area contributed by atoms with Crippen LogP contribution in [0.5, 0.6) is 0 Å². The van der Waals surface area contributed by atoms with Gasteiger partial charge in [-0.1, -0.05) is 151 Å². The highest BCUT2D eigenvalue weighted by molar-refractivity contribution is 9.10. The lowest BCUT2D eigenvalue weighted by atomic mass is 9.67. The highest BCUT2D eigenvalue weighted by Gasteiger charge is 2.33. The van der Waals surface area contributed by atoms with Crippen molar-refractivity contribution < 1.29 is 0 Å². The van der Waals surface area contributed by atoms with Gasteiger partial charge in [-0.3, -0.25) is 0 Å². The first-order valence-corrected chi connectivity index (χ1v) is 16.6. The van der Waals surface area contributed by atoms with E-state index in [0.717, 1.165) is 23.7 Å². The van der Waals surface area contributed by atoms with Crippen LogP contribution in [0.1, 0.15) is 73.6 Å². The highest BCUT2D eigenvalue weighted by Crippen LogP contribution is 2.45. The molecule has 0 amide bonds. The van der Waals surface area contributed by atoms with E-state index in [0.29, 0.717) is 5.92 Å². The Bertz CT molecular complexity index is 1680. The monoisotopic (exact) mass is 616 g/mol. The lowest BCUT2D eigenvalue weighted by molar-refractivity contribution is 0.398. The maximum atomic E-state index is 3.77. The molecule has 0 aliphatic heterocycles. The van der Waals surface area contributed by atoms with Gasteiger partial charge in [-0.05, 0) is 59.7 Å². The first-order valence-electron chi connectivity index (χ1n) is 15.0. The van der Waals surface area contributed by atoms with Crippen LogP contribution in [0.15, 0.2) is 132 Å². The number of fused-ring (bicyclic) bond motifs is 3. The predicted molar refractivity (Wildman–Crippen MR) is 182 cm³/mol. The molecule has 0 aliphatic rings. The van der Waals surface area contributed by atoms with Gasteiger partial charge >= 0.3 is 0 Å². The van der Waals surface area contributed by atoms with Crippen LogP contribution in [0.3, 0.4) is 0 Å². The van der Waals surface area contributed by atoms with Gasteiger partial charge in [0.15, 0.2) is 0 Å². The van der Waals surface area contributed by atoms with Crippen molar-refractivity contribution >= 4 is 47.4 Å². The van der Waals surface area contributed by atoms with Crippen molar-refractivity contribution in [2.45, 2.75) is 56.8 Å². The molecule has 0 saturated heterocycles. The van der Waals surface area contributed by atoms with Gasteiger partial charge in [0.05, 0.1) is 0 Å². The maximum Gasteiger partial charge on any atom is 0.0393 e. The summed E-state index contributed by atoms with van der Waals surface area (Å²) < 4.78 is 3.95. The molecule has 0 spiro atoms. The maximum absolute atomic E-state index is 3.77. The second-order valence-corrected chi connectivity index (χ2v) is 13.2. The third-order valence-electron chi connectivity index (χ3n) is 8.77. The molecule has 6 aromatic rings. The van der Waals surface area contributed by atoms with E-state index in [1.54, 1.807) is 0 Å². The zero-order valence-corrected chi connectivity index (χ0v) is 26.1. The van der Waals surface area contributed by atoms with E-state index >= 15 is 0 Å². The van der Waals surface area contributed by atoms with E-state index in [-0.39, 0.29) is 5.41 Å². The number of hydrogen-bond acceptors (Lipinski definition) is 1. The van der Waals surface area contributed by atoms with E-state index in [1.165, 1.54) is 61.7 Å². The quantitative estimate of drug-likeness (QED) is 0.136. The summed E-state index contributed by atoms with van der Waals surface area (Å²) in [6.45, 7) is 2.32. The van der Waals surface area contributed by atoms with Gasteiger partial charge in [0, 0.05) is 36.0 Å². The minimum Gasteiger partial charge on any atom is -0.135 e. The van der Waals surface area contributed by atoms with Gasteiger partial charge in [0.1, 0.15) is 0 Å². The number of rotatable bonds is 11. The molecule has 0 bridgehead atoms. The van der Waals surface area contributed by atoms with E-state index < -0.39 is 0 Å². The second kappa shape index (κ2) is 12.8. The molecule has 6 rings (SSSR count). The molecule has 1 unspecified atom stereocenters. The van der Waals surface area contributed by atoms with Gasteiger partial charge in [0.25, 0.3) is 0 Å². The zero-order valence-electron chi connectivity index (χ0n) is 23.7. The van der Waals surface area contributed by atoms with Crippen molar-refractivity contribution in [1.82, 2.24) is 0 Å². The molecule has 0 aliphatic carbocycles. The molecule has 5 aromatic carbocycles. The number of hydrogen-bond donors (Lipinski definition) is 0. The standard InChI is InChI=1S/C39H37BrS/c1-2-3-26-39(30-16-6-4-7-17-30,31-18-8-5-9-19-31)27-14-24-33(29-15-12-20-32(40)28-29)35-22-13-23-36-34-21-10-11-25-37(34)41-38(35)36/h4-13,15-23,25,28,33H,2-3,14,24,26-27H2,1H3. The van der Waals surface area contributed by atoms with Crippen LogP contribution in [0.4, 0.5) is 0 Å². The van der Waals surface area contributed by atoms with Crippen LogP contribution in [-0.2, 0) is 5.41 Å². The fourth-order valence-electron chi connectivity index (χ4n) is 6.74. The molecule has 41 heavy (non-hydrogen) atoms. The molecule has 1 aromatic heterocycles. The number of halogens is 1. The summed E-state index contributed by atoms with van der Waals surface area (Å²) in [6, 6.07) is 47.3. The SMILES string of the molecule is CCCCC(CCCC(c1cccc(Br)c1)c1cccc2c1sc1ccccc12)(c1ccccc1)c1ccccc1. The van der Waals surface area contributed by atoms with Crippen LogP contribution in [0, 0.1) is 0 Å². The summed E-state index contributed by atoms with van der Waals surface area (Å²) in [5.74, 6) is 0.333. The molecule has 0 fully saturated rings. The summed E-state index contributed by atoms with van der Waals surface area (Å²) in [4.78, 5) is 0. The Hall–Kier alpha value is -3.20. The molecule has 0 N–H and O–H groups in total. The molecule has 206 valence electrons. The van der Waals surface area contributed by atoms with Gasteiger partial charge in [0.2, 0.25) is 0 Å². The molecular weight excluding hydrogens is 580 g/mol. The molecular formula is C39H37BrS. The minimum absolute atomic E-state index is 0.0178. The average molecular weight is 618 g/mol. The van der Waals surface area contributed by atoms with Crippen molar-refractivity contribution in [1.29, 1.82) is 0 Å². The Kier molecular flexibility index (Phi) is 8.70. The van der Waals surface area contributed by atoms with E-state index in [4.69, 9.17) is 0 Å². The Labute approximate surface area is 257 Å². The molecule has 0 nitrogen and oxygen atoms in total. The topological polar surface area (TPSA) is 0 Å². The van der Waals surface area contributed by atoms with E-state index in [2.05, 4.69) is 150 Å². The molecule has 0 radical (unpaired) electrons. The van der Waals surface area contributed by atoms with Crippen LogP contribution in [0.2, 0.25) is 0 Å². The smallest absolute Gasteiger partial charge is 0.0393 e. The number of thiophene rings is 1. The first kappa shape index (κ1) is 27.9. The minimum atomic E-state index is 0.0178. The summed E-state index contributed by atoms with van der Waals surface area (Å²) >= 11 is 5.72. The molecule has 2 heteroatoms. The normalized spacial score (nSPS) is 12.6. The fourth-order valence-corrected chi connectivity index (χ4v) is 8.43. The Balaban J connectivity index is 1.40. The highest BCUT2D eigenvalue weighted by atomic mass is 79.9. The van der Waals surface area contributed by atoms with Crippen molar-refractivity contribution in [3.63, 3.8) is 0 Å². The Morgan fingerprint density at radius 2 is 1.29 bits per heavy atom. The lowest BCUT2D eigenvalue weighted by Gasteiger charge is -2.36.